The number of cyclic esters (lactones) is 1. The van der Waals surface area contributed by atoms with Gasteiger partial charge in [0.2, 0.25) is 0 Å². The second-order valence-electron chi connectivity index (χ2n) is 13.3. The smallest absolute Gasteiger partial charge is 0.334 e. The lowest BCUT2D eigenvalue weighted by Gasteiger charge is -2.24. The first kappa shape index (κ1) is 35.5. The Balaban J connectivity index is 1.16. The number of hydrogen-bond donors (Lipinski definition) is 3. The molecule has 0 radical (unpaired) electrons. The Morgan fingerprint density at radius 2 is 1.19 bits per heavy atom. The van der Waals surface area contributed by atoms with E-state index in [2.05, 4.69) is 6.92 Å². The first-order valence-corrected chi connectivity index (χ1v) is 17.6. The first-order valence-electron chi connectivity index (χ1n) is 17.6. The molecule has 0 aliphatic carbocycles. The number of ether oxygens (including phenoxy) is 3. The fourth-order valence-electron chi connectivity index (χ4n) is 6.92. The Labute approximate surface area is 255 Å². The van der Waals surface area contributed by atoms with Gasteiger partial charge in [-0.2, -0.15) is 0 Å². The van der Waals surface area contributed by atoms with Crippen LogP contribution in [0.1, 0.15) is 155 Å². The van der Waals surface area contributed by atoms with Crippen molar-refractivity contribution in [1.29, 1.82) is 0 Å². The molecule has 7 nitrogen and oxygen atoms in total. The van der Waals surface area contributed by atoms with Crippen molar-refractivity contribution in [3.63, 3.8) is 0 Å². The molecule has 0 aromatic rings. The van der Waals surface area contributed by atoms with Gasteiger partial charge in [-0.1, -0.05) is 77.6 Å². The monoisotopic (exact) mass is 594 g/mol. The van der Waals surface area contributed by atoms with Crippen LogP contribution in [0, 0.1) is 0 Å². The molecule has 1 unspecified atom stereocenters. The lowest BCUT2D eigenvalue weighted by molar-refractivity contribution is -0.139. The molecule has 2 saturated heterocycles. The summed E-state index contributed by atoms with van der Waals surface area (Å²) < 4.78 is 17.6. The molecule has 42 heavy (non-hydrogen) atoms. The van der Waals surface area contributed by atoms with E-state index in [4.69, 9.17) is 14.2 Å². The van der Waals surface area contributed by atoms with Gasteiger partial charge in [0.15, 0.2) is 0 Å². The molecular formula is C35H62O7. The molecular weight excluding hydrogens is 532 g/mol. The normalized spacial score (nSPS) is 28.2. The second-order valence-corrected chi connectivity index (χ2v) is 13.3. The molecule has 0 bridgehead atoms. The second kappa shape index (κ2) is 20.1. The van der Waals surface area contributed by atoms with Crippen molar-refractivity contribution in [1.82, 2.24) is 0 Å². The SMILES string of the molecule is CCCCCCC(O)CCC[C@H](O)[C@H]1CC[C@@H]([C@@H]2CC[C@@H]([C@@H](O)CCCCCCCCCCC3=C[C@H](C)OC3=O)O2)O1. The molecule has 3 N–H and O–H groups in total. The zero-order valence-corrected chi connectivity index (χ0v) is 26.7. The summed E-state index contributed by atoms with van der Waals surface area (Å²) in [6.45, 7) is 4.10. The summed E-state index contributed by atoms with van der Waals surface area (Å²) in [6.07, 6.45) is 22.8. The fourth-order valence-corrected chi connectivity index (χ4v) is 6.92. The van der Waals surface area contributed by atoms with E-state index in [0.717, 1.165) is 95.5 Å². The van der Waals surface area contributed by atoms with Gasteiger partial charge < -0.3 is 29.5 Å². The van der Waals surface area contributed by atoms with Crippen LogP contribution in [-0.4, -0.2) is 70.1 Å². The van der Waals surface area contributed by atoms with Crippen molar-refractivity contribution in [3.8, 4) is 0 Å². The third-order valence-corrected chi connectivity index (χ3v) is 9.56. The summed E-state index contributed by atoms with van der Waals surface area (Å²) in [6, 6.07) is 0. The molecule has 0 saturated carbocycles. The molecule has 244 valence electrons. The number of rotatable bonds is 23. The van der Waals surface area contributed by atoms with Crippen LogP contribution in [-0.2, 0) is 19.0 Å². The van der Waals surface area contributed by atoms with E-state index in [1.54, 1.807) is 0 Å². The van der Waals surface area contributed by atoms with E-state index in [1.165, 1.54) is 44.9 Å². The molecule has 7 heteroatoms. The van der Waals surface area contributed by atoms with Crippen LogP contribution >= 0.6 is 0 Å². The van der Waals surface area contributed by atoms with E-state index in [1.807, 2.05) is 13.0 Å². The summed E-state index contributed by atoms with van der Waals surface area (Å²) >= 11 is 0. The zero-order chi connectivity index (χ0) is 30.2. The molecule has 0 aromatic heterocycles. The van der Waals surface area contributed by atoms with Gasteiger partial charge in [-0.05, 0) is 83.6 Å². The summed E-state index contributed by atoms with van der Waals surface area (Å²) in [5.41, 5.74) is 0.851. The Kier molecular flexibility index (Phi) is 17.0. The highest BCUT2D eigenvalue weighted by Crippen LogP contribution is 2.34. The Hall–Kier alpha value is -0.990. The lowest BCUT2D eigenvalue weighted by Crippen LogP contribution is -2.33. The van der Waals surface area contributed by atoms with Crippen molar-refractivity contribution in [3.05, 3.63) is 11.6 Å². The van der Waals surface area contributed by atoms with Crippen LogP contribution in [0.5, 0.6) is 0 Å². The quantitative estimate of drug-likeness (QED) is 0.0858. The van der Waals surface area contributed by atoms with Crippen LogP contribution in [0.15, 0.2) is 11.6 Å². The van der Waals surface area contributed by atoms with Crippen LogP contribution in [0.2, 0.25) is 0 Å². The Morgan fingerprint density at radius 1 is 0.690 bits per heavy atom. The predicted molar refractivity (Wildman–Crippen MR) is 166 cm³/mol. The summed E-state index contributed by atoms with van der Waals surface area (Å²) in [4.78, 5) is 11.6. The number of unbranched alkanes of at least 4 members (excludes halogenated alkanes) is 10. The number of carbonyl (C=O) groups is 1. The molecule has 0 amide bonds. The van der Waals surface area contributed by atoms with E-state index in [9.17, 15) is 20.1 Å². The average Bonchev–Trinajstić information content (AvgIpc) is 3.72. The standard InChI is InChI=1S/C35H62O7/c1-3-4-5-13-17-28(36)18-15-20-30(38)32-22-24-34(42-32)33-23-21-31(41-33)29(37)19-14-11-9-7-6-8-10-12-16-27-25-26(2)40-35(27)39/h25-26,28-34,36-38H,3-24H2,1-2H3/t26-,28?,29-,30-,31-,32+,33-,34-/m0/s1. The molecule has 3 aliphatic heterocycles. The van der Waals surface area contributed by atoms with Gasteiger partial charge in [0.05, 0.1) is 42.7 Å². The van der Waals surface area contributed by atoms with E-state index < -0.39 is 12.2 Å². The minimum absolute atomic E-state index is 0.0123. The maximum atomic E-state index is 11.6. The van der Waals surface area contributed by atoms with Crippen LogP contribution < -0.4 is 0 Å². The highest BCUT2D eigenvalue weighted by molar-refractivity contribution is 5.90. The fraction of sp³-hybridized carbons (Fsp3) is 0.914. The van der Waals surface area contributed by atoms with Gasteiger partial charge >= 0.3 is 5.97 Å². The van der Waals surface area contributed by atoms with Crippen molar-refractivity contribution >= 4 is 5.97 Å². The average molecular weight is 595 g/mol. The summed E-state index contributed by atoms with van der Waals surface area (Å²) in [5, 5.41) is 31.6. The zero-order valence-electron chi connectivity index (χ0n) is 26.7. The predicted octanol–water partition coefficient (Wildman–Crippen LogP) is 7.08. The van der Waals surface area contributed by atoms with Gasteiger partial charge in [-0.25, -0.2) is 4.79 Å². The molecule has 3 rings (SSSR count). The largest absolute Gasteiger partial charge is 0.455 e. The molecule has 3 heterocycles. The maximum Gasteiger partial charge on any atom is 0.334 e. The topological polar surface area (TPSA) is 105 Å². The third kappa shape index (κ3) is 12.9. The van der Waals surface area contributed by atoms with Crippen LogP contribution in [0.25, 0.3) is 0 Å². The van der Waals surface area contributed by atoms with Gasteiger partial charge in [0.25, 0.3) is 0 Å². The number of esters is 1. The number of aliphatic hydroxyl groups excluding tert-OH is 3. The highest BCUT2D eigenvalue weighted by Gasteiger charge is 2.40. The van der Waals surface area contributed by atoms with Crippen molar-refractivity contribution in [2.24, 2.45) is 0 Å². The molecule has 2 fully saturated rings. The lowest BCUT2D eigenvalue weighted by atomic mass is 9.99. The van der Waals surface area contributed by atoms with E-state index in [0.29, 0.717) is 6.42 Å². The Morgan fingerprint density at radius 3 is 1.76 bits per heavy atom. The van der Waals surface area contributed by atoms with Crippen molar-refractivity contribution in [2.75, 3.05) is 0 Å². The Bertz CT molecular complexity index is 770. The van der Waals surface area contributed by atoms with Crippen molar-refractivity contribution < 1.29 is 34.3 Å². The molecule has 0 aromatic carbocycles. The maximum absolute atomic E-state index is 11.6. The minimum Gasteiger partial charge on any atom is -0.455 e. The van der Waals surface area contributed by atoms with E-state index >= 15 is 0 Å². The van der Waals surface area contributed by atoms with Crippen LogP contribution in [0.3, 0.4) is 0 Å². The minimum atomic E-state index is -0.482. The number of hydrogen-bond acceptors (Lipinski definition) is 7. The first-order chi connectivity index (χ1) is 20.4. The van der Waals surface area contributed by atoms with Crippen LogP contribution in [0.4, 0.5) is 0 Å². The van der Waals surface area contributed by atoms with Gasteiger partial charge in [-0.3, -0.25) is 0 Å². The molecule has 0 spiro atoms. The van der Waals surface area contributed by atoms with Crippen molar-refractivity contribution in [2.45, 2.75) is 204 Å². The molecule has 3 aliphatic rings. The van der Waals surface area contributed by atoms with E-state index in [-0.39, 0.29) is 42.6 Å². The summed E-state index contributed by atoms with van der Waals surface area (Å²) in [7, 11) is 0. The van der Waals surface area contributed by atoms with Gasteiger partial charge in [-0.15, -0.1) is 0 Å². The number of aliphatic hydroxyl groups is 3. The number of carbonyl (C=O) groups excluding carboxylic acids is 1. The molecule has 8 atom stereocenters. The summed E-state index contributed by atoms with van der Waals surface area (Å²) in [5.74, 6) is -0.133. The third-order valence-electron chi connectivity index (χ3n) is 9.56. The van der Waals surface area contributed by atoms with Gasteiger partial charge in [0, 0.05) is 5.57 Å². The highest BCUT2D eigenvalue weighted by atomic mass is 16.6. The van der Waals surface area contributed by atoms with Gasteiger partial charge in [0.1, 0.15) is 6.10 Å².